The molecule has 24 heavy (non-hydrogen) atoms. The van der Waals surface area contributed by atoms with Gasteiger partial charge < -0.3 is 10.6 Å². The van der Waals surface area contributed by atoms with Crippen molar-refractivity contribution in [2.75, 3.05) is 13.1 Å². The molecule has 2 heterocycles. The molecule has 1 aromatic carbocycles. The Balaban J connectivity index is 1.74. The van der Waals surface area contributed by atoms with E-state index in [4.69, 9.17) is 0 Å². The largest absolute Gasteiger partial charge is 0.349 e. The molecule has 3 rings (SSSR count). The van der Waals surface area contributed by atoms with Gasteiger partial charge in [-0.15, -0.1) is 0 Å². The maximum Gasteiger partial charge on any atom is 0.254 e. The van der Waals surface area contributed by atoms with Crippen LogP contribution in [0.15, 0.2) is 36.5 Å². The van der Waals surface area contributed by atoms with Crippen LogP contribution < -0.4 is 10.6 Å². The van der Waals surface area contributed by atoms with Crippen LogP contribution in [-0.2, 0) is 13.0 Å². The summed E-state index contributed by atoms with van der Waals surface area (Å²) in [6, 6.07) is 10.5. The number of piperidine rings is 1. The van der Waals surface area contributed by atoms with Crippen molar-refractivity contribution in [2.45, 2.75) is 39.3 Å². The predicted molar refractivity (Wildman–Crippen MR) is 95.1 cm³/mol. The summed E-state index contributed by atoms with van der Waals surface area (Å²) >= 11 is 0. The number of aromatic nitrogens is 2. The third kappa shape index (κ3) is 3.67. The summed E-state index contributed by atoms with van der Waals surface area (Å²) in [5.41, 5.74) is 2.89. The molecular formula is C19H26N4O. The second-order valence-electron chi connectivity index (χ2n) is 6.55. The molecule has 128 valence electrons. The monoisotopic (exact) mass is 326 g/mol. The molecule has 5 nitrogen and oxygen atoms in total. The fourth-order valence-electron chi connectivity index (χ4n) is 3.34. The van der Waals surface area contributed by atoms with Gasteiger partial charge in [0.05, 0.1) is 24.0 Å². The lowest BCUT2D eigenvalue weighted by Crippen LogP contribution is -2.48. The Bertz CT molecular complexity index is 680. The van der Waals surface area contributed by atoms with Gasteiger partial charge in [0.15, 0.2) is 0 Å². The lowest BCUT2D eigenvalue weighted by molar-refractivity contribution is 0.0913. The Morgan fingerprint density at radius 3 is 2.88 bits per heavy atom. The van der Waals surface area contributed by atoms with Gasteiger partial charge >= 0.3 is 0 Å². The van der Waals surface area contributed by atoms with E-state index in [9.17, 15) is 4.79 Å². The van der Waals surface area contributed by atoms with Crippen LogP contribution in [0, 0.1) is 5.92 Å². The number of carbonyl (C=O) groups is 1. The lowest BCUT2D eigenvalue weighted by atomic mass is 9.95. The maximum atomic E-state index is 12.7. The van der Waals surface area contributed by atoms with Crippen molar-refractivity contribution in [1.82, 2.24) is 20.4 Å². The van der Waals surface area contributed by atoms with Crippen LogP contribution in [0.2, 0.25) is 0 Å². The number of nitrogens with zero attached hydrogens (tertiary/aromatic N) is 2. The molecular weight excluding hydrogens is 300 g/mol. The van der Waals surface area contributed by atoms with E-state index in [0.29, 0.717) is 18.0 Å². The molecule has 1 aliphatic heterocycles. The molecule has 0 aliphatic carbocycles. The van der Waals surface area contributed by atoms with E-state index in [1.165, 1.54) is 5.56 Å². The zero-order valence-corrected chi connectivity index (χ0v) is 14.5. The van der Waals surface area contributed by atoms with Crippen molar-refractivity contribution in [3.05, 3.63) is 53.3 Å². The number of rotatable bonds is 5. The molecule has 1 aromatic heterocycles. The smallest absolute Gasteiger partial charge is 0.254 e. The number of carbonyl (C=O) groups excluding carboxylic acids is 1. The minimum atomic E-state index is 0.00455. The molecule has 1 amide bonds. The number of hydrogen-bond donors (Lipinski definition) is 2. The first-order chi connectivity index (χ1) is 11.7. The van der Waals surface area contributed by atoms with Gasteiger partial charge in [-0.1, -0.05) is 44.2 Å². The number of amides is 1. The predicted octanol–water partition coefficient (Wildman–Crippen LogP) is 2.22. The highest BCUT2D eigenvalue weighted by molar-refractivity contribution is 5.95. The van der Waals surface area contributed by atoms with Crippen molar-refractivity contribution in [3.63, 3.8) is 0 Å². The van der Waals surface area contributed by atoms with Crippen molar-refractivity contribution < 1.29 is 4.79 Å². The van der Waals surface area contributed by atoms with E-state index in [2.05, 4.69) is 41.7 Å². The molecule has 0 saturated carbocycles. The van der Waals surface area contributed by atoms with Gasteiger partial charge in [-0.3, -0.25) is 9.48 Å². The Morgan fingerprint density at radius 2 is 2.17 bits per heavy atom. The van der Waals surface area contributed by atoms with Gasteiger partial charge in [0.25, 0.3) is 5.91 Å². The van der Waals surface area contributed by atoms with Gasteiger partial charge in [-0.25, -0.2) is 0 Å². The Morgan fingerprint density at radius 1 is 1.38 bits per heavy atom. The fraction of sp³-hybridized carbons (Fsp3) is 0.474. The van der Waals surface area contributed by atoms with E-state index >= 15 is 0 Å². The molecule has 5 heteroatoms. The summed E-state index contributed by atoms with van der Waals surface area (Å²) in [5.74, 6) is 0.456. The second-order valence-corrected chi connectivity index (χ2v) is 6.55. The Labute approximate surface area is 143 Å². The van der Waals surface area contributed by atoms with Crippen LogP contribution in [0.1, 0.15) is 41.9 Å². The highest BCUT2D eigenvalue weighted by Gasteiger charge is 2.25. The van der Waals surface area contributed by atoms with Crippen LogP contribution in [0.25, 0.3) is 0 Å². The summed E-state index contributed by atoms with van der Waals surface area (Å²) < 4.78 is 1.94. The number of hydrogen-bond acceptors (Lipinski definition) is 3. The molecule has 1 fully saturated rings. The third-order valence-corrected chi connectivity index (χ3v) is 4.81. The zero-order valence-electron chi connectivity index (χ0n) is 14.5. The number of benzene rings is 1. The van der Waals surface area contributed by atoms with Crippen molar-refractivity contribution in [2.24, 2.45) is 5.92 Å². The summed E-state index contributed by atoms with van der Waals surface area (Å²) in [6.07, 6.45) is 3.48. The average Bonchev–Trinajstić information content (AvgIpc) is 3.00. The molecule has 0 spiro atoms. The summed E-state index contributed by atoms with van der Waals surface area (Å²) in [4.78, 5) is 12.7. The highest BCUT2D eigenvalue weighted by atomic mass is 16.1. The minimum absolute atomic E-state index is 0.00455. The van der Waals surface area contributed by atoms with Crippen LogP contribution in [-0.4, -0.2) is 34.8 Å². The van der Waals surface area contributed by atoms with Gasteiger partial charge in [0.1, 0.15) is 0 Å². The normalized spacial score (nSPS) is 20.8. The van der Waals surface area contributed by atoms with Gasteiger partial charge in [-0.2, -0.15) is 5.10 Å². The van der Waals surface area contributed by atoms with Crippen molar-refractivity contribution in [1.29, 1.82) is 0 Å². The van der Waals surface area contributed by atoms with Gasteiger partial charge in [-0.05, 0) is 37.4 Å². The van der Waals surface area contributed by atoms with Crippen LogP contribution in [0.4, 0.5) is 0 Å². The molecule has 1 aliphatic rings. The highest BCUT2D eigenvalue weighted by Crippen LogP contribution is 2.15. The van der Waals surface area contributed by atoms with Gasteiger partial charge in [0, 0.05) is 6.04 Å². The Hall–Kier alpha value is -2.14. The van der Waals surface area contributed by atoms with Crippen LogP contribution >= 0.6 is 0 Å². The first kappa shape index (κ1) is 16.7. The number of nitrogens with one attached hydrogen (secondary N) is 2. The first-order valence-electron chi connectivity index (χ1n) is 8.79. The van der Waals surface area contributed by atoms with E-state index < -0.39 is 0 Å². The molecule has 2 aromatic rings. The first-order valence-corrected chi connectivity index (χ1v) is 8.79. The second kappa shape index (κ2) is 7.62. The summed E-state index contributed by atoms with van der Waals surface area (Å²) in [7, 11) is 0. The van der Waals surface area contributed by atoms with Crippen LogP contribution in [0.5, 0.6) is 0 Å². The van der Waals surface area contributed by atoms with Crippen LogP contribution in [0.3, 0.4) is 0 Å². The summed E-state index contributed by atoms with van der Waals surface area (Å²) in [5, 5.41) is 11.0. The SMILES string of the molecule is CCc1c(C(=O)NC2CCNCC2C)cnn1Cc1ccccc1. The third-order valence-electron chi connectivity index (χ3n) is 4.81. The van der Waals surface area contributed by atoms with Gasteiger partial charge in [0.2, 0.25) is 0 Å². The van der Waals surface area contributed by atoms with E-state index in [0.717, 1.165) is 31.6 Å². The quantitative estimate of drug-likeness (QED) is 0.886. The maximum absolute atomic E-state index is 12.7. The molecule has 0 radical (unpaired) electrons. The van der Waals surface area contributed by atoms with Crippen molar-refractivity contribution >= 4 is 5.91 Å². The van der Waals surface area contributed by atoms with E-state index in [-0.39, 0.29) is 11.9 Å². The lowest BCUT2D eigenvalue weighted by Gasteiger charge is -2.30. The van der Waals surface area contributed by atoms with Crippen molar-refractivity contribution in [3.8, 4) is 0 Å². The molecule has 2 atom stereocenters. The summed E-state index contributed by atoms with van der Waals surface area (Å²) in [6.45, 7) is 6.86. The molecule has 1 saturated heterocycles. The topological polar surface area (TPSA) is 59.0 Å². The average molecular weight is 326 g/mol. The zero-order chi connectivity index (χ0) is 16.9. The van der Waals surface area contributed by atoms with E-state index in [1.54, 1.807) is 6.20 Å². The molecule has 0 bridgehead atoms. The molecule has 2 N–H and O–H groups in total. The standard InChI is InChI=1S/C19H26N4O/c1-3-18-16(19(24)22-17-9-10-20-11-14(17)2)12-21-23(18)13-15-7-5-4-6-8-15/h4-8,12,14,17,20H,3,9-11,13H2,1-2H3,(H,22,24). The van der Waals surface area contributed by atoms with E-state index in [1.807, 2.05) is 22.9 Å². The Kier molecular flexibility index (Phi) is 5.30. The minimum Gasteiger partial charge on any atom is -0.349 e. The molecule has 2 unspecified atom stereocenters. The fourth-order valence-corrected chi connectivity index (χ4v) is 3.34.